The Labute approximate surface area is 156 Å². The van der Waals surface area contributed by atoms with Gasteiger partial charge in [0.15, 0.2) is 5.65 Å². The molecular weight excluding hydrogens is 375 g/mol. The molecule has 0 saturated heterocycles. The van der Waals surface area contributed by atoms with Crippen molar-refractivity contribution in [2.45, 2.75) is 19.5 Å². The second kappa shape index (κ2) is 6.87. The Bertz CT molecular complexity index is 1140. The Morgan fingerprint density at radius 3 is 2.43 bits per heavy atom. The van der Waals surface area contributed by atoms with Crippen molar-refractivity contribution >= 4 is 5.65 Å². The zero-order valence-corrected chi connectivity index (χ0v) is 14.4. The van der Waals surface area contributed by atoms with Gasteiger partial charge in [0.25, 0.3) is 0 Å². The van der Waals surface area contributed by atoms with E-state index in [9.17, 15) is 18.0 Å². The van der Waals surface area contributed by atoms with Gasteiger partial charge in [0.1, 0.15) is 5.75 Å². The Morgan fingerprint density at radius 2 is 1.75 bits per heavy atom. The minimum Gasteiger partial charge on any atom is -0.406 e. The first-order valence-corrected chi connectivity index (χ1v) is 8.32. The molecule has 28 heavy (non-hydrogen) atoms. The van der Waals surface area contributed by atoms with Crippen LogP contribution in [0.5, 0.6) is 5.75 Å². The first-order valence-electron chi connectivity index (χ1n) is 8.32. The first-order chi connectivity index (χ1) is 13.4. The lowest BCUT2D eigenvalue weighted by Crippen LogP contribution is -2.23. The quantitative estimate of drug-likeness (QED) is 0.526. The van der Waals surface area contributed by atoms with Gasteiger partial charge in [-0.2, -0.15) is 5.10 Å². The summed E-state index contributed by atoms with van der Waals surface area (Å²) in [4.78, 5) is 12.6. The van der Waals surface area contributed by atoms with E-state index in [2.05, 4.69) is 14.9 Å². The first kappa shape index (κ1) is 17.8. The van der Waals surface area contributed by atoms with E-state index >= 15 is 0 Å². The summed E-state index contributed by atoms with van der Waals surface area (Å²) in [6.07, 6.45) is 0.321. The number of nitrogens with zero attached hydrogens (tertiary/aromatic N) is 5. The summed E-state index contributed by atoms with van der Waals surface area (Å²) >= 11 is 0. The topological polar surface area (TPSA) is 66.3 Å². The number of rotatable bonds is 5. The maximum Gasteiger partial charge on any atom is 0.573 e. The molecule has 144 valence electrons. The van der Waals surface area contributed by atoms with Crippen LogP contribution in [0, 0.1) is 0 Å². The van der Waals surface area contributed by atoms with Crippen LogP contribution in [0.25, 0.3) is 16.8 Å². The molecule has 3 aromatic heterocycles. The van der Waals surface area contributed by atoms with Crippen LogP contribution in [0.1, 0.15) is 0 Å². The van der Waals surface area contributed by atoms with Crippen molar-refractivity contribution in [2.24, 2.45) is 0 Å². The second-order valence-electron chi connectivity index (χ2n) is 5.99. The van der Waals surface area contributed by atoms with Crippen molar-refractivity contribution in [1.82, 2.24) is 24.0 Å². The molecule has 0 aliphatic carbocycles. The van der Waals surface area contributed by atoms with E-state index < -0.39 is 6.36 Å². The number of alkyl halides is 3. The molecule has 10 heteroatoms. The molecule has 4 aromatic rings. The smallest absolute Gasteiger partial charge is 0.406 e. The van der Waals surface area contributed by atoms with Crippen LogP contribution in [-0.4, -0.2) is 30.3 Å². The maximum atomic E-state index is 12.6. The number of ether oxygens (including phenoxy) is 1. The van der Waals surface area contributed by atoms with E-state index in [1.807, 2.05) is 0 Å². The molecule has 0 radical (unpaired) electrons. The van der Waals surface area contributed by atoms with Gasteiger partial charge in [0.05, 0.1) is 13.1 Å². The van der Waals surface area contributed by atoms with Crippen molar-refractivity contribution < 1.29 is 17.9 Å². The van der Waals surface area contributed by atoms with Gasteiger partial charge in [-0.25, -0.2) is 13.9 Å². The van der Waals surface area contributed by atoms with Crippen molar-refractivity contribution in [3.8, 4) is 16.9 Å². The second-order valence-corrected chi connectivity index (χ2v) is 5.99. The molecule has 0 unspecified atom stereocenters. The van der Waals surface area contributed by atoms with Gasteiger partial charge >= 0.3 is 12.1 Å². The molecule has 0 atom stereocenters. The summed E-state index contributed by atoms with van der Waals surface area (Å²) in [6, 6.07) is 10.7. The van der Waals surface area contributed by atoms with Crippen LogP contribution in [0.15, 0.2) is 65.8 Å². The van der Waals surface area contributed by atoms with E-state index in [1.54, 1.807) is 41.5 Å². The molecule has 3 heterocycles. The molecule has 0 aliphatic rings. The molecule has 1 aromatic carbocycles. The van der Waals surface area contributed by atoms with Crippen LogP contribution < -0.4 is 10.4 Å². The van der Waals surface area contributed by atoms with Gasteiger partial charge in [-0.15, -0.1) is 18.3 Å². The van der Waals surface area contributed by atoms with Crippen LogP contribution in [0.2, 0.25) is 0 Å². The maximum absolute atomic E-state index is 12.6. The third-order valence-electron chi connectivity index (χ3n) is 4.10. The van der Waals surface area contributed by atoms with Gasteiger partial charge in [0.2, 0.25) is 0 Å². The number of aromatic nitrogens is 5. The Kier molecular flexibility index (Phi) is 4.38. The molecular formula is C18H14F3N5O2. The zero-order chi connectivity index (χ0) is 19.7. The summed E-state index contributed by atoms with van der Waals surface area (Å²) in [5.41, 5.74) is 1.49. The minimum atomic E-state index is -4.74. The molecule has 7 nitrogen and oxygen atoms in total. The third-order valence-corrected chi connectivity index (χ3v) is 4.10. The molecule has 0 amide bonds. The lowest BCUT2D eigenvalue weighted by molar-refractivity contribution is -0.274. The molecule has 0 bridgehead atoms. The van der Waals surface area contributed by atoms with E-state index in [1.165, 1.54) is 33.3 Å². The highest BCUT2D eigenvalue weighted by Gasteiger charge is 2.30. The summed E-state index contributed by atoms with van der Waals surface area (Å²) in [5, 5.41) is 8.37. The molecule has 0 saturated carbocycles. The lowest BCUT2D eigenvalue weighted by atomic mass is 10.1. The highest BCUT2D eigenvalue weighted by atomic mass is 19.4. The molecule has 4 rings (SSSR count). The highest BCUT2D eigenvalue weighted by molar-refractivity contribution is 5.65. The van der Waals surface area contributed by atoms with Crippen molar-refractivity contribution in [2.75, 3.05) is 0 Å². The number of pyridine rings is 1. The van der Waals surface area contributed by atoms with Gasteiger partial charge < -0.3 is 4.74 Å². The van der Waals surface area contributed by atoms with Gasteiger partial charge in [-0.1, -0.05) is 12.1 Å². The number of halogens is 3. The number of aryl methyl sites for hydroxylation is 2. The summed E-state index contributed by atoms with van der Waals surface area (Å²) in [7, 11) is 0. The molecule has 0 spiro atoms. The fraction of sp³-hybridized carbons (Fsp3) is 0.167. The van der Waals surface area contributed by atoms with Crippen molar-refractivity contribution in [3.63, 3.8) is 0 Å². The van der Waals surface area contributed by atoms with Crippen LogP contribution in [-0.2, 0) is 13.1 Å². The van der Waals surface area contributed by atoms with Crippen molar-refractivity contribution in [1.29, 1.82) is 0 Å². The predicted octanol–water partition coefficient (Wildman–Crippen LogP) is 2.96. The van der Waals surface area contributed by atoms with E-state index in [4.69, 9.17) is 0 Å². The number of hydrogen-bond acceptors (Lipinski definition) is 4. The van der Waals surface area contributed by atoms with E-state index in [-0.39, 0.29) is 11.4 Å². The van der Waals surface area contributed by atoms with Crippen LogP contribution in [0.4, 0.5) is 13.2 Å². The Morgan fingerprint density at radius 1 is 1.00 bits per heavy atom. The monoisotopic (exact) mass is 389 g/mol. The molecule has 0 aliphatic heterocycles. The van der Waals surface area contributed by atoms with Gasteiger partial charge in [-0.05, 0) is 41.5 Å². The van der Waals surface area contributed by atoms with Crippen LogP contribution in [0.3, 0.4) is 0 Å². The standard InChI is InChI=1S/C18H14F3N5O2/c19-18(20,21)28-15-5-2-13(3-6-15)14-4-7-16-23-26(17(27)25(16)12-14)11-10-24-9-1-8-22-24/h1-9,12H,10-11H2. The van der Waals surface area contributed by atoms with E-state index in [0.29, 0.717) is 29.9 Å². The number of hydrogen-bond donors (Lipinski definition) is 0. The normalized spacial score (nSPS) is 11.8. The third kappa shape index (κ3) is 3.75. The minimum absolute atomic E-state index is 0.305. The average Bonchev–Trinajstić information content (AvgIpc) is 3.27. The highest BCUT2D eigenvalue weighted by Crippen LogP contribution is 2.26. The number of benzene rings is 1. The average molecular weight is 389 g/mol. The molecule has 0 N–H and O–H groups in total. The van der Waals surface area contributed by atoms with E-state index in [0.717, 1.165) is 0 Å². The van der Waals surface area contributed by atoms with Crippen molar-refractivity contribution in [3.05, 3.63) is 71.5 Å². The summed E-state index contributed by atoms with van der Waals surface area (Å²) in [5.74, 6) is -0.305. The van der Waals surface area contributed by atoms with Gasteiger partial charge in [-0.3, -0.25) is 4.68 Å². The number of fused-ring (bicyclic) bond motifs is 1. The largest absolute Gasteiger partial charge is 0.573 e. The fourth-order valence-electron chi connectivity index (χ4n) is 2.81. The van der Waals surface area contributed by atoms with Crippen LogP contribution >= 0.6 is 0 Å². The zero-order valence-electron chi connectivity index (χ0n) is 14.4. The lowest BCUT2D eigenvalue weighted by Gasteiger charge is -2.09. The predicted molar refractivity (Wildman–Crippen MR) is 93.8 cm³/mol. The SMILES string of the molecule is O=c1n(CCn2cccn2)nc2ccc(-c3ccc(OC(F)(F)F)cc3)cn12. The fourth-order valence-corrected chi connectivity index (χ4v) is 2.81. The summed E-state index contributed by atoms with van der Waals surface area (Å²) < 4.78 is 45.1. The Balaban J connectivity index is 1.59. The Hall–Kier alpha value is -3.56. The molecule has 0 fully saturated rings. The summed E-state index contributed by atoms with van der Waals surface area (Å²) in [6.45, 7) is 0.866. The van der Waals surface area contributed by atoms with Gasteiger partial charge in [0, 0.05) is 18.6 Å².